The molecular weight excluding hydrogens is 470 g/mol. The number of nitrogens with zero attached hydrogens (tertiary/aromatic N) is 3. The monoisotopic (exact) mass is 505 g/mol. The van der Waals surface area contributed by atoms with Crippen LogP contribution in [0.25, 0.3) is 5.57 Å². The van der Waals surface area contributed by atoms with Gasteiger partial charge in [-0.25, -0.2) is 4.79 Å². The van der Waals surface area contributed by atoms with E-state index < -0.39 is 24.3 Å². The summed E-state index contributed by atoms with van der Waals surface area (Å²) in [5, 5.41) is 20.0. The molecule has 3 amide bonds. The third-order valence-corrected chi connectivity index (χ3v) is 7.28. The zero-order chi connectivity index (χ0) is 26.7. The van der Waals surface area contributed by atoms with Crippen LogP contribution in [-0.4, -0.2) is 87.7 Å². The number of rotatable bonds is 7. The van der Waals surface area contributed by atoms with E-state index in [-0.39, 0.29) is 18.4 Å². The van der Waals surface area contributed by atoms with E-state index in [4.69, 9.17) is 0 Å². The van der Waals surface area contributed by atoms with Gasteiger partial charge < -0.3 is 20.0 Å². The van der Waals surface area contributed by atoms with Crippen molar-refractivity contribution in [1.29, 1.82) is 0 Å². The van der Waals surface area contributed by atoms with Crippen molar-refractivity contribution in [2.24, 2.45) is 0 Å². The summed E-state index contributed by atoms with van der Waals surface area (Å²) in [6, 6.07) is 16.5. The first-order chi connectivity index (χ1) is 17.7. The average molecular weight is 506 g/mol. The van der Waals surface area contributed by atoms with Gasteiger partial charge in [0, 0.05) is 39.2 Å². The average Bonchev–Trinajstić information content (AvgIpc) is 2.86. The number of carbonyl (C=O) groups excluding carboxylic acids is 2. The summed E-state index contributed by atoms with van der Waals surface area (Å²) in [4.78, 5) is 43.3. The van der Waals surface area contributed by atoms with Crippen molar-refractivity contribution in [2.45, 2.75) is 51.3 Å². The normalized spacial score (nSPS) is 20.0. The molecule has 2 unspecified atom stereocenters. The van der Waals surface area contributed by atoms with Crippen molar-refractivity contribution in [3.63, 3.8) is 0 Å². The van der Waals surface area contributed by atoms with E-state index in [2.05, 4.69) is 0 Å². The van der Waals surface area contributed by atoms with Gasteiger partial charge in [-0.3, -0.25) is 14.5 Å². The molecule has 4 rings (SSSR count). The fourth-order valence-electron chi connectivity index (χ4n) is 5.48. The number of hydrogen-bond acceptors (Lipinski definition) is 4. The van der Waals surface area contributed by atoms with Gasteiger partial charge in [-0.1, -0.05) is 54.6 Å². The van der Waals surface area contributed by atoms with Crippen molar-refractivity contribution in [2.75, 3.05) is 26.7 Å². The van der Waals surface area contributed by atoms with Gasteiger partial charge in [0.25, 0.3) is 5.91 Å². The third kappa shape index (κ3) is 5.85. The molecule has 8 heteroatoms. The Kier molecular flexibility index (Phi) is 7.97. The minimum Gasteiger partial charge on any atom is -0.465 e. The molecule has 196 valence electrons. The Morgan fingerprint density at radius 3 is 2.41 bits per heavy atom. The maximum Gasteiger partial charge on any atom is 0.408 e. The number of amides is 3. The van der Waals surface area contributed by atoms with Gasteiger partial charge in [-0.15, -0.1) is 0 Å². The fourth-order valence-corrected chi connectivity index (χ4v) is 5.48. The number of likely N-dealkylation sites (N-methyl/N-ethyl adjacent to an activating group) is 1. The number of hydrogen-bond donors (Lipinski definition) is 2. The third-order valence-electron chi connectivity index (χ3n) is 7.28. The number of piperazine rings is 1. The van der Waals surface area contributed by atoms with Crippen LogP contribution in [0.4, 0.5) is 4.79 Å². The van der Waals surface area contributed by atoms with Crippen molar-refractivity contribution in [3.8, 4) is 0 Å². The molecule has 8 nitrogen and oxygen atoms in total. The van der Waals surface area contributed by atoms with Gasteiger partial charge in [-0.05, 0) is 48.4 Å². The highest BCUT2D eigenvalue weighted by Gasteiger charge is 2.47. The molecular formula is C29H35N3O5. The molecule has 1 saturated heterocycles. The second-order valence-corrected chi connectivity index (χ2v) is 10.1. The molecule has 0 aromatic heterocycles. The molecule has 2 aromatic carbocycles. The Balaban J connectivity index is 1.76. The summed E-state index contributed by atoms with van der Waals surface area (Å²) >= 11 is 0. The quantitative estimate of drug-likeness (QED) is 0.602. The molecule has 0 saturated carbocycles. The zero-order valence-corrected chi connectivity index (χ0v) is 21.6. The lowest BCUT2D eigenvalue weighted by Gasteiger charge is -2.50. The highest BCUT2D eigenvalue weighted by atomic mass is 16.4. The van der Waals surface area contributed by atoms with Crippen LogP contribution in [0.2, 0.25) is 0 Å². The summed E-state index contributed by atoms with van der Waals surface area (Å²) in [5.41, 5.74) is 4.15. The lowest BCUT2D eigenvalue weighted by atomic mass is 9.81. The Morgan fingerprint density at radius 2 is 1.76 bits per heavy atom. The van der Waals surface area contributed by atoms with E-state index in [1.165, 1.54) is 11.8 Å². The van der Waals surface area contributed by atoms with Crippen LogP contribution in [0.1, 0.15) is 37.0 Å². The van der Waals surface area contributed by atoms with Gasteiger partial charge in [0.05, 0.1) is 18.2 Å². The maximum atomic E-state index is 14.0. The second kappa shape index (κ2) is 11.2. The van der Waals surface area contributed by atoms with E-state index in [0.717, 1.165) is 22.3 Å². The van der Waals surface area contributed by atoms with Crippen LogP contribution < -0.4 is 0 Å². The summed E-state index contributed by atoms with van der Waals surface area (Å²) in [5.74, 6) is -0.362. The molecule has 37 heavy (non-hydrogen) atoms. The molecule has 2 aliphatic rings. The standard InChI is InChI=1S/C29H35N3O5/c1-19(33)14-22-10-7-11-23(15-22)25-16-24-17-31(20(2)34)18-26(32(24)29(36)37)27(25)28(35)30(3)13-12-21-8-5-4-6-9-21/h4-11,15,19,24,26,33H,12-14,16-18H2,1-3H3,(H,36,37)/t19?,24?,26-/m1/s1. The zero-order valence-electron chi connectivity index (χ0n) is 21.6. The molecule has 1 fully saturated rings. The van der Waals surface area contributed by atoms with Crippen LogP contribution in [0.15, 0.2) is 60.2 Å². The van der Waals surface area contributed by atoms with E-state index >= 15 is 0 Å². The minimum absolute atomic E-state index is 0.133. The number of carbonyl (C=O) groups is 3. The Hall–Kier alpha value is -3.65. The second-order valence-electron chi connectivity index (χ2n) is 10.1. The van der Waals surface area contributed by atoms with Gasteiger partial charge in [0.2, 0.25) is 5.91 Å². The number of aliphatic hydroxyl groups is 1. The van der Waals surface area contributed by atoms with Gasteiger partial charge >= 0.3 is 6.09 Å². The highest BCUT2D eigenvalue weighted by molar-refractivity contribution is 6.04. The summed E-state index contributed by atoms with van der Waals surface area (Å²) in [6.45, 7) is 4.11. The number of carboxylic acid groups (broad SMARTS) is 1. The molecule has 2 heterocycles. The van der Waals surface area contributed by atoms with Gasteiger partial charge in [-0.2, -0.15) is 0 Å². The van der Waals surface area contributed by atoms with Gasteiger partial charge in [0.1, 0.15) is 0 Å². The number of aliphatic hydroxyl groups excluding tert-OH is 1. The predicted molar refractivity (Wildman–Crippen MR) is 141 cm³/mol. The fraction of sp³-hybridized carbons (Fsp3) is 0.414. The highest BCUT2D eigenvalue weighted by Crippen LogP contribution is 2.39. The van der Waals surface area contributed by atoms with Crippen molar-refractivity contribution in [3.05, 3.63) is 76.9 Å². The first-order valence-electron chi connectivity index (χ1n) is 12.7. The molecule has 0 spiro atoms. The molecule has 2 bridgehead atoms. The van der Waals surface area contributed by atoms with Gasteiger partial charge in [0.15, 0.2) is 0 Å². The van der Waals surface area contributed by atoms with Crippen LogP contribution in [0.3, 0.4) is 0 Å². The largest absolute Gasteiger partial charge is 0.465 e. The summed E-state index contributed by atoms with van der Waals surface area (Å²) in [7, 11) is 1.74. The number of fused-ring (bicyclic) bond motifs is 2. The van der Waals surface area contributed by atoms with E-state index in [0.29, 0.717) is 37.9 Å². The smallest absolute Gasteiger partial charge is 0.408 e. The van der Waals surface area contributed by atoms with E-state index in [1.807, 2.05) is 54.6 Å². The molecule has 0 radical (unpaired) electrons. The van der Waals surface area contributed by atoms with Crippen LogP contribution in [-0.2, 0) is 22.4 Å². The summed E-state index contributed by atoms with van der Waals surface area (Å²) < 4.78 is 0. The maximum absolute atomic E-state index is 14.0. The van der Waals surface area contributed by atoms with Crippen LogP contribution in [0.5, 0.6) is 0 Å². The van der Waals surface area contributed by atoms with Crippen molar-refractivity contribution < 1.29 is 24.6 Å². The molecule has 0 aliphatic carbocycles. The first-order valence-corrected chi connectivity index (χ1v) is 12.7. The van der Waals surface area contributed by atoms with Crippen LogP contribution in [0, 0.1) is 0 Å². The first kappa shape index (κ1) is 26.4. The molecule has 2 aromatic rings. The van der Waals surface area contributed by atoms with Crippen molar-refractivity contribution in [1.82, 2.24) is 14.7 Å². The van der Waals surface area contributed by atoms with E-state index in [1.54, 1.807) is 23.8 Å². The van der Waals surface area contributed by atoms with E-state index in [9.17, 15) is 24.6 Å². The summed E-state index contributed by atoms with van der Waals surface area (Å²) in [6.07, 6.45) is -0.110. The number of benzene rings is 2. The SMILES string of the molecule is CC(=O)N1CC2CC(c3cccc(CC(C)O)c3)=C(C(=O)N(C)CCc3ccccc3)[C@@H](C1)N2C(=O)O. The molecule has 2 N–H and O–H groups in total. The lowest BCUT2D eigenvalue weighted by Crippen LogP contribution is -2.64. The topological polar surface area (TPSA) is 101 Å². The molecule has 3 atom stereocenters. The van der Waals surface area contributed by atoms with Crippen molar-refractivity contribution >= 4 is 23.5 Å². The Bertz CT molecular complexity index is 1190. The lowest BCUT2D eigenvalue weighted by molar-refractivity contribution is -0.134. The Labute approximate surface area is 217 Å². The Morgan fingerprint density at radius 1 is 1.05 bits per heavy atom. The van der Waals surface area contributed by atoms with Crippen LogP contribution >= 0.6 is 0 Å². The molecule has 2 aliphatic heterocycles. The minimum atomic E-state index is -1.09. The predicted octanol–water partition coefficient (Wildman–Crippen LogP) is 3.05.